The van der Waals surface area contributed by atoms with E-state index in [0.29, 0.717) is 19.5 Å². The monoisotopic (exact) mass is 447 g/mol. The minimum atomic E-state index is -1.67. The van der Waals surface area contributed by atoms with Gasteiger partial charge in [0.05, 0.1) is 13.2 Å². The van der Waals surface area contributed by atoms with Crippen molar-refractivity contribution in [3.8, 4) is 0 Å². The molecule has 0 heterocycles. The highest BCUT2D eigenvalue weighted by Crippen LogP contribution is 2.31. The maximum atomic E-state index is 13.6. The molecule has 0 bridgehead atoms. The van der Waals surface area contributed by atoms with Crippen LogP contribution in [0.3, 0.4) is 0 Å². The number of nitrogens with zero attached hydrogens (tertiary/aromatic N) is 1. The van der Waals surface area contributed by atoms with Gasteiger partial charge in [-0.05, 0) is 30.0 Å². The first-order valence-corrected chi connectivity index (χ1v) is 11.5. The Labute approximate surface area is 196 Å². The molecule has 3 aromatic carbocycles. The Morgan fingerprint density at radius 2 is 1.27 bits per heavy atom. The summed E-state index contributed by atoms with van der Waals surface area (Å²) in [6.45, 7) is 4.76. The van der Waals surface area contributed by atoms with Gasteiger partial charge in [-0.15, -0.1) is 0 Å². The molecule has 0 spiro atoms. The number of hydrogen-bond donors (Lipinski definition) is 1. The van der Waals surface area contributed by atoms with Crippen molar-refractivity contribution < 1.29 is 19.4 Å². The van der Waals surface area contributed by atoms with Crippen molar-refractivity contribution in [3.05, 3.63) is 108 Å². The highest BCUT2D eigenvalue weighted by molar-refractivity contribution is 5.80. The van der Waals surface area contributed by atoms with E-state index in [2.05, 4.69) is 0 Å². The average molecular weight is 448 g/mol. The second-order valence-electron chi connectivity index (χ2n) is 7.94. The number of carbonyl (C=O) groups is 1. The fraction of sp³-hybridized carbons (Fsp3) is 0.321. The first kappa shape index (κ1) is 24.6. The molecule has 0 saturated carbocycles. The topological polar surface area (TPSA) is 59.0 Å². The van der Waals surface area contributed by atoms with Crippen molar-refractivity contribution in [2.75, 3.05) is 6.61 Å². The molecule has 174 valence electrons. The number of esters is 1. The predicted octanol–water partition coefficient (Wildman–Crippen LogP) is 4.94. The second-order valence-corrected chi connectivity index (χ2v) is 7.94. The quantitative estimate of drug-likeness (QED) is 0.315. The smallest absolute Gasteiger partial charge is 0.356 e. The van der Waals surface area contributed by atoms with Gasteiger partial charge in [-0.2, -0.15) is 0 Å². The van der Waals surface area contributed by atoms with E-state index in [1.165, 1.54) is 0 Å². The third-order valence-corrected chi connectivity index (χ3v) is 5.61. The lowest BCUT2D eigenvalue weighted by Gasteiger charge is -2.44. The molecule has 2 unspecified atom stereocenters. The van der Waals surface area contributed by atoms with Gasteiger partial charge >= 0.3 is 5.97 Å². The van der Waals surface area contributed by atoms with Gasteiger partial charge in [0.2, 0.25) is 5.72 Å². The van der Waals surface area contributed by atoms with Crippen molar-refractivity contribution in [3.63, 3.8) is 0 Å². The maximum Gasteiger partial charge on any atom is 0.356 e. The molecule has 3 rings (SSSR count). The molecular weight excluding hydrogens is 414 g/mol. The first-order valence-electron chi connectivity index (χ1n) is 11.5. The van der Waals surface area contributed by atoms with E-state index in [4.69, 9.17) is 9.47 Å². The SMILES string of the molecule is CCOC(=O)C(OCc1ccccc1)(C(O)CC)N(Cc1ccccc1)Cc1ccccc1. The van der Waals surface area contributed by atoms with E-state index in [-0.39, 0.29) is 13.2 Å². The Kier molecular flexibility index (Phi) is 9.19. The minimum absolute atomic E-state index is 0.163. The van der Waals surface area contributed by atoms with E-state index in [9.17, 15) is 9.90 Å². The standard InChI is InChI=1S/C28H33NO4/c1-3-26(30)28(27(31)32-4-2,33-22-25-18-12-7-13-19-25)29(20-23-14-8-5-9-15-23)21-24-16-10-6-11-17-24/h5-19,26,30H,3-4,20-22H2,1-2H3. The summed E-state index contributed by atoms with van der Waals surface area (Å²) < 4.78 is 11.9. The Hall–Kier alpha value is -2.99. The molecule has 33 heavy (non-hydrogen) atoms. The van der Waals surface area contributed by atoms with Crippen molar-refractivity contribution in [1.29, 1.82) is 0 Å². The molecule has 1 N–H and O–H groups in total. The minimum Gasteiger partial charge on any atom is -0.463 e. The molecule has 0 aliphatic rings. The van der Waals surface area contributed by atoms with E-state index >= 15 is 0 Å². The van der Waals surface area contributed by atoms with Crippen LogP contribution in [0, 0.1) is 0 Å². The lowest BCUT2D eigenvalue weighted by molar-refractivity contribution is -0.241. The maximum absolute atomic E-state index is 13.6. The molecule has 5 heteroatoms. The molecular formula is C28H33NO4. The van der Waals surface area contributed by atoms with Crippen LogP contribution in [0.4, 0.5) is 0 Å². The highest BCUT2D eigenvalue weighted by Gasteiger charge is 2.52. The normalized spacial score (nSPS) is 13.9. The molecule has 0 aromatic heterocycles. The van der Waals surface area contributed by atoms with Crippen LogP contribution < -0.4 is 0 Å². The van der Waals surface area contributed by atoms with Crippen LogP contribution in [0.2, 0.25) is 0 Å². The van der Waals surface area contributed by atoms with Crippen LogP contribution >= 0.6 is 0 Å². The number of benzene rings is 3. The summed E-state index contributed by atoms with van der Waals surface area (Å²) in [5.41, 5.74) is 1.25. The van der Waals surface area contributed by atoms with Gasteiger partial charge in [-0.25, -0.2) is 4.79 Å². The first-order chi connectivity index (χ1) is 16.1. The molecule has 5 nitrogen and oxygen atoms in total. The van der Waals surface area contributed by atoms with Crippen LogP contribution in [0.25, 0.3) is 0 Å². The fourth-order valence-electron chi connectivity index (χ4n) is 3.90. The van der Waals surface area contributed by atoms with Gasteiger partial charge in [-0.1, -0.05) is 97.9 Å². The Balaban J connectivity index is 2.07. The second kappa shape index (κ2) is 12.3. The number of aliphatic hydroxyl groups is 1. The zero-order valence-electron chi connectivity index (χ0n) is 19.4. The van der Waals surface area contributed by atoms with Crippen LogP contribution in [-0.4, -0.2) is 34.4 Å². The number of rotatable bonds is 12. The van der Waals surface area contributed by atoms with Crippen molar-refractivity contribution in [2.45, 2.75) is 51.8 Å². The number of hydrogen-bond acceptors (Lipinski definition) is 5. The molecule has 3 aromatic rings. The van der Waals surface area contributed by atoms with Gasteiger partial charge in [-0.3, -0.25) is 4.90 Å². The third-order valence-electron chi connectivity index (χ3n) is 5.61. The number of carbonyl (C=O) groups excluding carboxylic acids is 1. The molecule has 0 amide bonds. The third kappa shape index (κ3) is 6.29. The van der Waals surface area contributed by atoms with E-state index < -0.39 is 17.8 Å². The van der Waals surface area contributed by atoms with Crippen LogP contribution in [0.5, 0.6) is 0 Å². The Morgan fingerprint density at radius 1 is 0.818 bits per heavy atom. The van der Waals surface area contributed by atoms with E-state index in [1.54, 1.807) is 6.92 Å². The summed E-state index contributed by atoms with van der Waals surface area (Å²) in [6, 6.07) is 29.4. The van der Waals surface area contributed by atoms with E-state index in [0.717, 1.165) is 16.7 Å². The zero-order valence-corrected chi connectivity index (χ0v) is 19.4. The predicted molar refractivity (Wildman–Crippen MR) is 129 cm³/mol. The van der Waals surface area contributed by atoms with E-state index in [1.807, 2.05) is 103 Å². The summed E-state index contributed by atoms with van der Waals surface area (Å²) in [4.78, 5) is 15.5. The summed E-state index contributed by atoms with van der Waals surface area (Å²) in [5.74, 6) is -0.581. The lowest BCUT2D eigenvalue weighted by Crippen LogP contribution is -2.63. The Bertz CT molecular complexity index is 923. The number of ether oxygens (including phenoxy) is 2. The van der Waals surface area contributed by atoms with Crippen LogP contribution in [0.1, 0.15) is 37.0 Å². The molecule has 0 radical (unpaired) electrons. The van der Waals surface area contributed by atoms with Crippen LogP contribution in [0.15, 0.2) is 91.0 Å². The van der Waals surface area contributed by atoms with Crippen LogP contribution in [-0.2, 0) is 34.0 Å². The van der Waals surface area contributed by atoms with Crippen molar-refractivity contribution in [1.82, 2.24) is 4.90 Å². The number of aliphatic hydroxyl groups excluding tert-OH is 1. The molecule has 2 atom stereocenters. The summed E-state index contributed by atoms with van der Waals surface area (Å²) in [6.07, 6.45) is -0.763. The largest absolute Gasteiger partial charge is 0.463 e. The summed E-state index contributed by atoms with van der Waals surface area (Å²) >= 11 is 0. The zero-order chi connectivity index (χ0) is 23.5. The molecule has 0 saturated heterocycles. The van der Waals surface area contributed by atoms with Crippen molar-refractivity contribution >= 4 is 5.97 Å². The highest BCUT2D eigenvalue weighted by atomic mass is 16.6. The van der Waals surface area contributed by atoms with Gasteiger partial charge in [0, 0.05) is 13.1 Å². The van der Waals surface area contributed by atoms with Gasteiger partial charge in [0.15, 0.2) is 0 Å². The molecule has 0 aliphatic heterocycles. The van der Waals surface area contributed by atoms with Gasteiger partial charge in [0.1, 0.15) is 6.10 Å². The average Bonchev–Trinajstić information content (AvgIpc) is 2.86. The van der Waals surface area contributed by atoms with Gasteiger partial charge < -0.3 is 14.6 Å². The summed E-state index contributed by atoms with van der Waals surface area (Å²) in [7, 11) is 0. The molecule has 0 aliphatic carbocycles. The fourth-order valence-corrected chi connectivity index (χ4v) is 3.90. The van der Waals surface area contributed by atoms with Crippen molar-refractivity contribution in [2.24, 2.45) is 0 Å². The molecule has 0 fully saturated rings. The lowest BCUT2D eigenvalue weighted by atomic mass is 9.99. The Morgan fingerprint density at radius 3 is 1.70 bits per heavy atom. The summed E-state index contributed by atoms with van der Waals surface area (Å²) in [5, 5.41) is 11.3. The van der Waals surface area contributed by atoms with Gasteiger partial charge in [0.25, 0.3) is 0 Å².